The molecule has 1 fully saturated rings. The van der Waals surface area contributed by atoms with Crippen LogP contribution in [0, 0.1) is 5.92 Å². The van der Waals surface area contributed by atoms with E-state index < -0.39 is 0 Å². The molecule has 3 heteroatoms. The number of nitrogens with zero attached hydrogens (tertiary/aromatic N) is 2. The van der Waals surface area contributed by atoms with E-state index in [4.69, 9.17) is 5.73 Å². The number of nitrogens with two attached hydrogens (primary N) is 1. The minimum Gasteiger partial charge on any atom is -0.329 e. The van der Waals surface area contributed by atoms with E-state index in [0.29, 0.717) is 6.54 Å². The third kappa shape index (κ3) is 3.09. The molecule has 0 saturated heterocycles. The minimum absolute atomic E-state index is 0.254. The number of aromatic nitrogens is 1. The van der Waals surface area contributed by atoms with Crippen LogP contribution in [0.3, 0.4) is 0 Å². The summed E-state index contributed by atoms with van der Waals surface area (Å²) in [7, 11) is 2.21. The van der Waals surface area contributed by atoms with Crippen LogP contribution in [0.2, 0.25) is 0 Å². The summed E-state index contributed by atoms with van der Waals surface area (Å²) in [5.41, 5.74) is 7.36. The Morgan fingerprint density at radius 1 is 1.24 bits per heavy atom. The number of benzene rings is 1. The second-order valence-electron chi connectivity index (χ2n) is 6.29. The van der Waals surface area contributed by atoms with Crippen LogP contribution < -0.4 is 5.73 Å². The summed E-state index contributed by atoms with van der Waals surface area (Å²) in [6.45, 7) is 1.78. The predicted molar refractivity (Wildman–Crippen MR) is 88.1 cm³/mol. The maximum absolute atomic E-state index is 6.10. The van der Waals surface area contributed by atoms with Gasteiger partial charge in [-0.2, -0.15) is 0 Å². The van der Waals surface area contributed by atoms with Crippen molar-refractivity contribution in [2.45, 2.75) is 31.7 Å². The summed E-state index contributed by atoms with van der Waals surface area (Å²) < 4.78 is 0. The van der Waals surface area contributed by atoms with Crippen molar-refractivity contribution in [2.24, 2.45) is 11.7 Å². The van der Waals surface area contributed by atoms with Gasteiger partial charge >= 0.3 is 0 Å². The smallest absolute Gasteiger partial charge is 0.0488 e. The third-order valence-corrected chi connectivity index (χ3v) is 4.83. The fraction of sp³-hybridized carbons (Fsp3) is 0.500. The van der Waals surface area contributed by atoms with E-state index in [1.807, 2.05) is 12.4 Å². The van der Waals surface area contributed by atoms with Gasteiger partial charge in [0.15, 0.2) is 0 Å². The lowest BCUT2D eigenvalue weighted by Crippen LogP contribution is -2.34. The Bertz CT molecular complexity index is 585. The zero-order chi connectivity index (χ0) is 14.7. The molecule has 1 aromatic carbocycles. The Hall–Kier alpha value is -1.45. The summed E-state index contributed by atoms with van der Waals surface area (Å²) in [6.07, 6.45) is 9.45. The molecule has 1 unspecified atom stereocenters. The van der Waals surface area contributed by atoms with Crippen molar-refractivity contribution in [3.8, 4) is 0 Å². The molecule has 1 heterocycles. The van der Waals surface area contributed by atoms with Gasteiger partial charge in [-0.3, -0.25) is 9.88 Å². The molecule has 1 aromatic heterocycles. The van der Waals surface area contributed by atoms with Crippen LogP contribution in [0.1, 0.15) is 37.3 Å². The van der Waals surface area contributed by atoms with Crippen LogP contribution >= 0.6 is 0 Å². The summed E-state index contributed by atoms with van der Waals surface area (Å²) >= 11 is 0. The number of hydrogen-bond donors (Lipinski definition) is 1. The first-order valence-electron chi connectivity index (χ1n) is 8.02. The number of likely N-dealkylation sites (N-methyl/N-ethyl adjacent to an activating group) is 1. The number of pyridine rings is 1. The van der Waals surface area contributed by atoms with Gasteiger partial charge in [0, 0.05) is 36.9 Å². The van der Waals surface area contributed by atoms with Gasteiger partial charge in [0.05, 0.1) is 0 Å². The van der Waals surface area contributed by atoms with Gasteiger partial charge in [0.25, 0.3) is 0 Å². The number of rotatable bonds is 5. The van der Waals surface area contributed by atoms with Crippen molar-refractivity contribution in [1.29, 1.82) is 0 Å². The molecule has 1 aliphatic rings. The fourth-order valence-electron chi connectivity index (χ4n) is 3.68. The summed E-state index contributed by atoms with van der Waals surface area (Å²) in [5.74, 6) is 0.840. The van der Waals surface area contributed by atoms with E-state index in [1.54, 1.807) is 0 Å². The highest BCUT2D eigenvalue weighted by Gasteiger charge is 2.23. The van der Waals surface area contributed by atoms with Crippen LogP contribution in [0.4, 0.5) is 0 Å². The fourth-order valence-corrected chi connectivity index (χ4v) is 3.68. The SMILES string of the molecule is CN(CC1CCCC1)C(CN)c1cncc2ccccc12. The van der Waals surface area contributed by atoms with E-state index in [9.17, 15) is 0 Å². The molecule has 112 valence electrons. The van der Waals surface area contributed by atoms with Gasteiger partial charge in [0.2, 0.25) is 0 Å². The average molecular weight is 283 g/mol. The van der Waals surface area contributed by atoms with Gasteiger partial charge in [-0.25, -0.2) is 0 Å². The average Bonchev–Trinajstić information content (AvgIpc) is 3.01. The molecule has 0 radical (unpaired) electrons. The van der Waals surface area contributed by atoms with Crippen LogP contribution in [-0.4, -0.2) is 30.0 Å². The lowest BCUT2D eigenvalue weighted by Gasteiger charge is -2.30. The summed E-state index contributed by atoms with van der Waals surface area (Å²) in [5, 5.41) is 2.48. The third-order valence-electron chi connectivity index (χ3n) is 4.83. The first-order valence-corrected chi connectivity index (χ1v) is 8.02. The van der Waals surface area contributed by atoms with Crippen molar-refractivity contribution in [3.05, 3.63) is 42.2 Å². The van der Waals surface area contributed by atoms with Crippen molar-refractivity contribution in [3.63, 3.8) is 0 Å². The molecule has 2 N–H and O–H groups in total. The number of hydrogen-bond acceptors (Lipinski definition) is 3. The molecule has 1 saturated carbocycles. The zero-order valence-corrected chi connectivity index (χ0v) is 12.8. The lowest BCUT2D eigenvalue weighted by molar-refractivity contribution is 0.213. The van der Waals surface area contributed by atoms with Gasteiger partial charge in [-0.15, -0.1) is 0 Å². The van der Waals surface area contributed by atoms with Gasteiger partial charge in [-0.1, -0.05) is 37.1 Å². The first kappa shape index (κ1) is 14.5. The maximum atomic E-state index is 6.10. The first-order chi connectivity index (χ1) is 10.3. The lowest BCUT2D eigenvalue weighted by atomic mass is 9.99. The summed E-state index contributed by atoms with van der Waals surface area (Å²) in [6, 6.07) is 8.71. The van der Waals surface area contributed by atoms with E-state index in [2.05, 4.69) is 41.2 Å². The maximum Gasteiger partial charge on any atom is 0.0488 e. The standard InChI is InChI=1S/C18H25N3/c1-21(13-14-6-2-3-7-14)18(10-19)17-12-20-11-15-8-4-5-9-16(15)17/h4-5,8-9,11-12,14,18H,2-3,6-7,10,13,19H2,1H3. The van der Waals surface area contributed by atoms with Crippen LogP contribution in [0.25, 0.3) is 10.8 Å². The quantitative estimate of drug-likeness (QED) is 0.915. The highest BCUT2D eigenvalue weighted by atomic mass is 15.1. The van der Waals surface area contributed by atoms with Gasteiger partial charge < -0.3 is 5.73 Å². The normalized spacial score (nSPS) is 17.7. The Morgan fingerprint density at radius 3 is 2.76 bits per heavy atom. The monoisotopic (exact) mass is 283 g/mol. The van der Waals surface area contributed by atoms with E-state index in [1.165, 1.54) is 42.0 Å². The largest absolute Gasteiger partial charge is 0.329 e. The van der Waals surface area contributed by atoms with Crippen LogP contribution in [-0.2, 0) is 0 Å². The zero-order valence-electron chi connectivity index (χ0n) is 12.8. The molecule has 0 amide bonds. The molecule has 3 rings (SSSR count). The van der Waals surface area contributed by atoms with Crippen molar-refractivity contribution >= 4 is 10.8 Å². The van der Waals surface area contributed by atoms with Crippen molar-refractivity contribution in [1.82, 2.24) is 9.88 Å². The van der Waals surface area contributed by atoms with Gasteiger partial charge in [0.1, 0.15) is 0 Å². The molecule has 0 bridgehead atoms. The van der Waals surface area contributed by atoms with Crippen LogP contribution in [0.15, 0.2) is 36.7 Å². The molecular weight excluding hydrogens is 258 g/mol. The van der Waals surface area contributed by atoms with Crippen molar-refractivity contribution < 1.29 is 0 Å². The molecule has 1 atom stereocenters. The topological polar surface area (TPSA) is 42.1 Å². The molecule has 21 heavy (non-hydrogen) atoms. The Labute approximate surface area is 127 Å². The Morgan fingerprint density at radius 2 is 2.00 bits per heavy atom. The Balaban J connectivity index is 1.86. The van der Waals surface area contributed by atoms with E-state index in [0.717, 1.165) is 12.5 Å². The molecule has 3 nitrogen and oxygen atoms in total. The van der Waals surface area contributed by atoms with Crippen molar-refractivity contribution in [2.75, 3.05) is 20.1 Å². The van der Waals surface area contributed by atoms with Crippen LogP contribution in [0.5, 0.6) is 0 Å². The minimum atomic E-state index is 0.254. The Kier molecular flexibility index (Phi) is 4.51. The second kappa shape index (κ2) is 6.54. The molecule has 0 spiro atoms. The molecular formula is C18H25N3. The predicted octanol–water partition coefficient (Wildman–Crippen LogP) is 3.36. The molecule has 2 aromatic rings. The van der Waals surface area contributed by atoms with E-state index >= 15 is 0 Å². The van der Waals surface area contributed by atoms with Gasteiger partial charge in [-0.05, 0) is 36.8 Å². The number of fused-ring (bicyclic) bond motifs is 1. The highest BCUT2D eigenvalue weighted by Crippen LogP contribution is 2.30. The summed E-state index contributed by atoms with van der Waals surface area (Å²) in [4.78, 5) is 6.84. The second-order valence-corrected chi connectivity index (χ2v) is 6.29. The van der Waals surface area contributed by atoms with E-state index in [-0.39, 0.29) is 6.04 Å². The molecule has 0 aliphatic heterocycles. The highest BCUT2D eigenvalue weighted by molar-refractivity contribution is 5.85. The molecule has 1 aliphatic carbocycles.